The number of ether oxygens (including phenoxy) is 1. The Morgan fingerprint density at radius 2 is 2.27 bits per heavy atom. The molecule has 2 rings (SSSR count). The first-order valence-electron chi connectivity index (χ1n) is 4.70. The lowest BCUT2D eigenvalue weighted by Crippen LogP contribution is -2.13. The Kier molecular flexibility index (Phi) is 2.63. The van der Waals surface area contributed by atoms with Gasteiger partial charge in [0.15, 0.2) is 0 Å². The first kappa shape index (κ1) is 9.65. The van der Waals surface area contributed by atoms with Crippen molar-refractivity contribution in [3.8, 4) is 0 Å². The van der Waals surface area contributed by atoms with Gasteiger partial charge in [0.1, 0.15) is 0 Å². The highest BCUT2D eigenvalue weighted by molar-refractivity contribution is 6.10. The zero-order valence-electron chi connectivity index (χ0n) is 8.43. The number of carbonyl (C=O) groups is 1. The van der Waals surface area contributed by atoms with E-state index in [1.807, 2.05) is 24.3 Å². The third-order valence-electron chi connectivity index (χ3n) is 2.31. The van der Waals surface area contributed by atoms with Gasteiger partial charge in [-0.15, -0.1) is 0 Å². The van der Waals surface area contributed by atoms with Gasteiger partial charge in [0.05, 0.1) is 12.8 Å². The summed E-state index contributed by atoms with van der Waals surface area (Å²) in [6.45, 7) is 0. The third kappa shape index (κ3) is 1.96. The van der Waals surface area contributed by atoms with Gasteiger partial charge >= 0.3 is 5.97 Å². The van der Waals surface area contributed by atoms with Gasteiger partial charge < -0.3 is 4.74 Å². The van der Waals surface area contributed by atoms with E-state index in [0.717, 1.165) is 11.3 Å². The number of carbonyl (C=O) groups excluding carboxylic acids is 1. The SMILES string of the molecule is COC(=O)C1=CC=C2C=CC=CN=C2C1. The van der Waals surface area contributed by atoms with Crippen LogP contribution in [0.1, 0.15) is 6.42 Å². The molecule has 0 fully saturated rings. The first-order valence-corrected chi connectivity index (χ1v) is 4.70. The average Bonchev–Trinajstić information content (AvgIpc) is 2.51. The summed E-state index contributed by atoms with van der Waals surface area (Å²) in [5.41, 5.74) is 2.60. The van der Waals surface area contributed by atoms with Crippen molar-refractivity contribution in [1.82, 2.24) is 0 Å². The third-order valence-corrected chi connectivity index (χ3v) is 2.31. The van der Waals surface area contributed by atoms with E-state index < -0.39 is 0 Å². The standard InChI is InChI=1S/C12H11NO2/c1-15-12(14)10-6-5-9-4-2-3-7-13-11(9)8-10/h2-7H,8H2,1H3. The van der Waals surface area contributed by atoms with Crippen LogP contribution in [0, 0.1) is 0 Å². The predicted octanol–water partition coefficient (Wildman–Crippen LogP) is 1.94. The van der Waals surface area contributed by atoms with Gasteiger partial charge in [-0.1, -0.05) is 24.3 Å². The molecule has 1 heterocycles. The number of hydrogen-bond donors (Lipinski definition) is 0. The van der Waals surface area contributed by atoms with Crippen LogP contribution >= 0.6 is 0 Å². The molecule has 0 N–H and O–H groups in total. The number of fused-ring (bicyclic) bond motifs is 1. The Morgan fingerprint density at radius 1 is 1.40 bits per heavy atom. The van der Waals surface area contributed by atoms with E-state index >= 15 is 0 Å². The molecule has 1 aliphatic heterocycles. The molecule has 3 heteroatoms. The Balaban J connectivity index is 2.32. The van der Waals surface area contributed by atoms with Crippen molar-refractivity contribution in [3.05, 3.63) is 47.7 Å². The minimum Gasteiger partial charge on any atom is -0.466 e. The van der Waals surface area contributed by atoms with Gasteiger partial charge in [-0.05, 0) is 11.6 Å². The predicted molar refractivity (Wildman–Crippen MR) is 58.5 cm³/mol. The largest absolute Gasteiger partial charge is 0.466 e. The summed E-state index contributed by atoms with van der Waals surface area (Å²) >= 11 is 0. The maximum atomic E-state index is 11.3. The van der Waals surface area contributed by atoms with Crippen LogP contribution in [0.25, 0.3) is 0 Å². The molecular weight excluding hydrogens is 190 g/mol. The molecule has 0 amide bonds. The van der Waals surface area contributed by atoms with Crippen molar-refractivity contribution in [2.24, 2.45) is 4.99 Å². The fourth-order valence-corrected chi connectivity index (χ4v) is 1.51. The molecule has 0 aromatic carbocycles. The minimum atomic E-state index is -0.287. The Morgan fingerprint density at radius 3 is 3.07 bits per heavy atom. The van der Waals surface area contributed by atoms with Crippen molar-refractivity contribution in [3.63, 3.8) is 0 Å². The summed E-state index contributed by atoms with van der Waals surface area (Å²) in [5, 5.41) is 0. The zero-order chi connectivity index (χ0) is 10.7. The van der Waals surface area contributed by atoms with Crippen molar-refractivity contribution in [1.29, 1.82) is 0 Å². The molecular formula is C12H11NO2. The minimum absolute atomic E-state index is 0.287. The number of hydrogen-bond acceptors (Lipinski definition) is 3. The quantitative estimate of drug-likeness (QED) is 0.608. The fraction of sp³-hybridized carbons (Fsp3) is 0.167. The molecule has 76 valence electrons. The van der Waals surface area contributed by atoms with Gasteiger partial charge in [0.2, 0.25) is 0 Å². The summed E-state index contributed by atoms with van der Waals surface area (Å²) in [4.78, 5) is 15.6. The van der Waals surface area contributed by atoms with Crippen LogP contribution in [0.15, 0.2) is 52.7 Å². The van der Waals surface area contributed by atoms with Gasteiger partial charge in [0, 0.05) is 18.2 Å². The molecule has 0 spiro atoms. The van der Waals surface area contributed by atoms with Crippen molar-refractivity contribution in [2.45, 2.75) is 6.42 Å². The van der Waals surface area contributed by atoms with Crippen LogP contribution in [-0.2, 0) is 9.53 Å². The molecule has 0 unspecified atom stereocenters. The second kappa shape index (κ2) is 4.09. The van der Waals surface area contributed by atoms with E-state index in [2.05, 4.69) is 9.73 Å². The van der Waals surface area contributed by atoms with Gasteiger partial charge in [-0.2, -0.15) is 0 Å². The first-order chi connectivity index (χ1) is 7.31. The Labute approximate surface area is 88.2 Å². The highest BCUT2D eigenvalue weighted by Gasteiger charge is 2.17. The molecule has 0 aromatic heterocycles. The molecule has 0 aromatic rings. The molecule has 1 aliphatic carbocycles. The van der Waals surface area contributed by atoms with E-state index in [1.165, 1.54) is 7.11 Å². The lowest BCUT2D eigenvalue weighted by atomic mass is 9.96. The normalized spacial score (nSPS) is 18.3. The van der Waals surface area contributed by atoms with Crippen LogP contribution in [0.2, 0.25) is 0 Å². The molecule has 0 saturated carbocycles. The second-order valence-electron chi connectivity index (χ2n) is 3.26. The maximum Gasteiger partial charge on any atom is 0.334 e. The van der Waals surface area contributed by atoms with Crippen LogP contribution in [-0.4, -0.2) is 18.8 Å². The molecule has 0 atom stereocenters. The molecule has 0 bridgehead atoms. The highest BCUT2D eigenvalue weighted by atomic mass is 16.5. The molecule has 2 aliphatic rings. The van der Waals surface area contributed by atoms with E-state index in [4.69, 9.17) is 0 Å². The van der Waals surface area contributed by atoms with E-state index in [-0.39, 0.29) is 5.97 Å². The van der Waals surface area contributed by atoms with Gasteiger partial charge in [-0.3, -0.25) is 4.99 Å². The van der Waals surface area contributed by atoms with Crippen LogP contribution in [0.5, 0.6) is 0 Å². The topological polar surface area (TPSA) is 38.7 Å². The van der Waals surface area contributed by atoms with Gasteiger partial charge in [0.25, 0.3) is 0 Å². The fourth-order valence-electron chi connectivity index (χ4n) is 1.51. The van der Waals surface area contributed by atoms with Crippen molar-refractivity contribution in [2.75, 3.05) is 7.11 Å². The number of nitrogens with zero attached hydrogens (tertiary/aromatic N) is 1. The molecule has 0 saturated heterocycles. The van der Waals surface area contributed by atoms with E-state index in [9.17, 15) is 4.79 Å². The number of esters is 1. The summed E-state index contributed by atoms with van der Waals surface area (Å²) in [6.07, 6.45) is 11.7. The average molecular weight is 201 g/mol. The smallest absolute Gasteiger partial charge is 0.334 e. The zero-order valence-corrected chi connectivity index (χ0v) is 8.43. The molecule has 0 radical (unpaired) electrons. The maximum absolute atomic E-state index is 11.3. The Bertz CT molecular complexity index is 437. The van der Waals surface area contributed by atoms with E-state index in [1.54, 1.807) is 12.3 Å². The van der Waals surface area contributed by atoms with Crippen molar-refractivity contribution >= 4 is 11.7 Å². The summed E-state index contributed by atoms with van der Waals surface area (Å²) in [5.74, 6) is -0.287. The number of rotatable bonds is 1. The number of aliphatic imine (C=N–C) groups is 1. The van der Waals surface area contributed by atoms with Crippen LogP contribution in [0.3, 0.4) is 0 Å². The highest BCUT2D eigenvalue weighted by Crippen LogP contribution is 2.19. The summed E-state index contributed by atoms with van der Waals surface area (Å²) in [7, 11) is 1.39. The number of allylic oxidation sites excluding steroid dienone is 6. The molecule has 3 nitrogen and oxygen atoms in total. The second-order valence-corrected chi connectivity index (χ2v) is 3.26. The van der Waals surface area contributed by atoms with Gasteiger partial charge in [-0.25, -0.2) is 4.79 Å². The van der Waals surface area contributed by atoms with Crippen LogP contribution < -0.4 is 0 Å². The summed E-state index contributed by atoms with van der Waals surface area (Å²) < 4.78 is 4.67. The lowest BCUT2D eigenvalue weighted by Gasteiger charge is -2.12. The monoisotopic (exact) mass is 201 g/mol. The molecule has 15 heavy (non-hydrogen) atoms. The van der Waals surface area contributed by atoms with E-state index in [0.29, 0.717) is 12.0 Å². The van der Waals surface area contributed by atoms with Crippen molar-refractivity contribution < 1.29 is 9.53 Å². The van der Waals surface area contributed by atoms with Crippen LogP contribution in [0.4, 0.5) is 0 Å². The summed E-state index contributed by atoms with van der Waals surface area (Å²) in [6, 6.07) is 0. The number of methoxy groups -OCH3 is 1. The Hall–Kier alpha value is -1.90. The lowest BCUT2D eigenvalue weighted by molar-refractivity contribution is -0.136.